The third-order valence-electron chi connectivity index (χ3n) is 2.81. The second kappa shape index (κ2) is 6.26. The number of aliphatic hydroxyl groups is 1. The second-order valence-corrected chi connectivity index (χ2v) is 4.66. The van der Waals surface area contributed by atoms with Gasteiger partial charge in [0, 0.05) is 4.47 Å². The highest BCUT2D eigenvalue weighted by Gasteiger charge is 2.46. The molecule has 1 saturated heterocycles. The highest BCUT2D eigenvalue weighted by molar-refractivity contribution is 9.10. The zero-order chi connectivity index (χ0) is 12.9. The molecule has 0 bridgehead atoms. The van der Waals surface area contributed by atoms with E-state index in [1.54, 1.807) is 0 Å². The van der Waals surface area contributed by atoms with Crippen LogP contribution in [-0.4, -0.2) is 37.8 Å². The van der Waals surface area contributed by atoms with Crippen molar-refractivity contribution in [1.29, 1.82) is 0 Å². The van der Waals surface area contributed by atoms with Gasteiger partial charge >= 0.3 is 0 Å². The molecule has 4 nitrogen and oxygen atoms in total. The first-order valence-electron chi connectivity index (χ1n) is 5.24. The molecule has 0 radical (unpaired) electrons. The number of hydrogen-bond donors (Lipinski definition) is 2. The van der Waals surface area contributed by atoms with Crippen LogP contribution in [0.25, 0.3) is 0 Å². The minimum Gasteiger partial charge on any atom is -0.385 e. The van der Waals surface area contributed by atoms with Gasteiger partial charge in [-0.1, -0.05) is 28.1 Å². The number of halogens is 1. The van der Waals surface area contributed by atoms with Crippen LogP contribution >= 0.6 is 15.9 Å². The molecular formula is C12H16BrNO3. The van der Waals surface area contributed by atoms with Crippen molar-refractivity contribution in [3.63, 3.8) is 0 Å². The van der Waals surface area contributed by atoms with E-state index >= 15 is 0 Å². The zero-order valence-electron chi connectivity index (χ0n) is 9.60. The molecule has 1 aromatic rings. The summed E-state index contributed by atoms with van der Waals surface area (Å²) in [5, 5.41) is 9.71. The maximum absolute atomic E-state index is 10.7. The first-order chi connectivity index (χ1) is 8.19. The van der Waals surface area contributed by atoms with Gasteiger partial charge in [0.15, 0.2) is 0 Å². The van der Waals surface area contributed by atoms with E-state index in [9.17, 15) is 9.90 Å². The molecule has 1 aliphatic rings. The molecule has 1 fully saturated rings. The van der Waals surface area contributed by atoms with Crippen molar-refractivity contribution in [2.24, 2.45) is 5.73 Å². The maximum Gasteiger partial charge on any atom is 0.149 e. The number of benzene rings is 1. The molecule has 1 aliphatic heterocycles. The number of hydrogen-bond acceptors (Lipinski definition) is 4. The molecular weight excluding hydrogens is 286 g/mol. The average molecular weight is 302 g/mol. The van der Waals surface area contributed by atoms with Gasteiger partial charge in [0.2, 0.25) is 0 Å². The summed E-state index contributed by atoms with van der Waals surface area (Å²) in [5.41, 5.74) is 4.88. The minimum absolute atomic E-state index is 0.392. The fraction of sp³-hybridized carbons (Fsp3) is 0.417. The molecule has 0 aromatic heterocycles. The number of carbonyl (C=O) groups excluding carboxylic acids is 1. The topological polar surface area (TPSA) is 72.6 Å². The molecule has 17 heavy (non-hydrogen) atoms. The number of aldehydes is 1. The van der Waals surface area contributed by atoms with E-state index in [2.05, 4.69) is 21.7 Å². The van der Waals surface area contributed by atoms with Gasteiger partial charge in [-0.2, -0.15) is 0 Å². The normalized spacial score (nSPS) is 18.4. The van der Waals surface area contributed by atoms with Crippen molar-refractivity contribution >= 4 is 22.2 Å². The van der Waals surface area contributed by atoms with Crippen LogP contribution in [0.4, 0.5) is 0 Å². The van der Waals surface area contributed by atoms with E-state index in [1.165, 1.54) is 7.05 Å². The summed E-state index contributed by atoms with van der Waals surface area (Å²) in [5.74, 6) is 0. The largest absolute Gasteiger partial charge is 0.385 e. The van der Waals surface area contributed by atoms with Gasteiger partial charge in [-0.15, -0.1) is 0 Å². The Morgan fingerprint density at radius 3 is 2.59 bits per heavy atom. The summed E-state index contributed by atoms with van der Waals surface area (Å²) in [4.78, 5) is 10.7. The lowest BCUT2D eigenvalue weighted by Crippen LogP contribution is -2.56. The van der Waals surface area contributed by atoms with E-state index in [1.807, 2.05) is 24.3 Å². The number of rotatable bonds is 3. The summed E-state index contributed by atoms with van der Waals surface area (Å²) in [6, 6.07) is 7.61. The summed E-state index contributed by atoms with van der Waals surface area (Å²) in [7, 11) is 1.50. The number of nitrogens with two attached hydrogens (primary N) is 1. The molecule has 5 heteroatoms. The molecule has 2 rings (SSSR count). The van der Waals surface area contributed by atoms with Gasteiger partial charge in [0.25, 0.3) is 0 Å². The minimum atomic E-state index is -0.999. The van der Waals surface area contributed by atoms with Crippen LogP contribution in [0.2, 0.25) is 0 Å². The average Bonchev–Trinajstić information content (AvgIpc) is 2.30. The molecule has 3 N–H and O–H groups in total. The Kier molecular flexibility index (Phi) is 5.27. The van der Waals surface area contributed by atoms with Gasteiger partial charge in [-0.3, -0.25) is 0 Å². The third-order valence-corrected chi connectivity index (χ3v) is 3.31. The summed E-state index contributed by atoms with van der Waals surface area (Å²) < 4.78 is 6.06. The highest BCUT2D eigenvalue weighted by Crippen LogP contribution is 2.36. The van der Waals surface area contributed by atoms with Gasteiger partial charge < -0.3 is 20.4 Å². The number of carbonyl (C=O) groups is 1. The van der Waals surface area contributed by atoms with Crippen molar-refractivity contribution in [2.45, 2.75) is 11.5 Å². The van der Waals surface area contributed by atoms with Crippen molar-refractivity contribution in [2.75, 3.05) is 20.3 Å². The summed E-state index contributed by atoms with van der Waals surface area (Å²) in [6.07, 6.45) is -0.427. The standard InChI is InChI=1S/C11H11BrO3.CH5N/c12-9-3-1-2-8(4-9)11(6-15-7-11)10(14)5-13;1-2/h1-5,10,14H,6-7H2;2H2,1H3. The number of aliphatic hydroxyl groups excluding tert-OH is 1. The van der Waals surface area contributed by atoms with Crippen LogP contribution in [-0.2, 0) is 14.9 Å². The van der Waals surface area contributed by atoms with Crippen LogP contribution in [0.3, 0.4) is 0 Å². The Bertz CT molecular complexity index is 380. The van der Waals surface area contributed by atoms with E-state index in [0.717, 1.165) is 10.0 Å². The molecule has 94 valence electrons. The van der Waals surface area contributed by atoms with Gasteiger partial charge in [0.1, 0.15) is 12.4 Å². The lowest BCUT2D eigenvalue weighted by molar-refractivity contribution is -0.141. The predicted molar refractivity (Wildman–Crippen MR) is 68.8 cm³/mol. The van der Waals surface area contributed by atoms with E-state index in [0.29, 0.717) is 19.5 Å². The molecule has 0 aliphatic carbocycles. The van der Waals surface area contributed by atoms with Crippen LogP contribution in [0.15, 0.2) is 28.7 Å². The lowest BCUT2D eigenvalue weighted by Gasteiger charge is -2.43. The van der Waals surface area contributed by atoms with E-state index in [-0.39, 0.29) is 0 Å². The molecule has 1 atom stereocenters. The molecule has 1 unspecified atom stereocenters. The van der Waals surface area contributed by atoms with Crippen molar-refractivity contribution in [3.05, 3.63) is 34.3 Å². The van der Waals surface area contributed by atoms with Crippen molar-refractivity contribution in [1.82, 2.24) is 0 Å². The van der Waals surface area contributed by atoms with Gasteiger partial charge in [-0.05, 0) is 24.7 Å². The highest BCUT2D eigenvalue weighted by atomic mass is 79.9. The van der Waals surface area contributed by atoms with Crippen molar-refractivity contribution in [3.8, 4) is 0 Å². The molecule has 1 heterocycles. The number of ether oxygens (including phenoxy) is 1. The monoisotopic (exact) mass is 301 g/mol. The smallest absolute Gasteiger partial charge is 0.149 e. The van der Waals surface area contributed by atoms with E-state index in [4.69, 9.17) is 4.74 Å². The first-order valence-corrected chi connectivity index (χ1v) is 6.03. The third kappa shape index (κ3) is 2.74. The van der Waals surface area contributed by atoms with Gasteiger partial charge in [-0.25, -0.2) is 0 Å². The zero-order valence-corrected chi connectivity index (χ0v) is 11.2. The Morgan fingerprint density at radius 1 is 1.53 bits per heavy atom. The fourth-order valence-corrected chi connectivity index (χ4v) is 2.16. The fourth-order valence-electron chi connectivity index (χ4n) is 1.76. The first kappa shape index (κ1) is 14.3. The Labute approximate surface area is 109 Å². The Balaban J connectivity index is 0.000000686. The summed E-state index contributed by atoms with van der Waals surface area (Å²) >= 11 is 3.37. The maximum atomic E-state index is 10.7. The van der Waals surface area contributed by atoms with Crippen LogP contribution in [0.5, 0.6) is 0 Å². The van der Waals surface area contributed by atoms with E-state index < -0.39 is 11.5 Å². The van der Waals surface area contributed by atoms with Crippen molar-refractivity contribution < 1.29 is 14.6 Å². The summed E-state index contributed by atoms with van der Waals surface area (Å²) in [6.45, 7) is 0.784. The lowest BCUT2D eigenvalue weighted by atomic mass is 9.74. The molecule has 0 amide bonds. The van der Waals surface area contributed by atoms with Crippen LogP contribution in [0, 0.1) is 0 Å². The second-order valence-electron chi connectivity index (χ2n) is 3.74. The van der Waals surface area contributed by atoms with Gasteiger partial charge in [0.05, 0.1) is 18.6 Å². The molecule has 0 spiro atoms. The van der Waals surface area contributed by atoms with Crippen LogP contribution < -0.4 is 5.73 Å². The SMILES string of the molecule is CN.O=CC(O)C1(c2cccc(Br)c2)COC1. The van der Waals surface area contributed by atoms with Crippen LogP contribution in [0.1, 0.15) is 5.56 Å². The quantitative estimate of drug-likeness (QED) is 0.812. The molecule has 0 saturated carbocycles. The predicted octanol–water partition coefficient (Wildman–Crippen LogP) is 0.852. The Morgan fingerprint density at radius 2 is 2.18 bits per heavy atom. The Hall–Kier alpha value is -0.750. The molecule has 1 aromatic carbocycles.